The van der Waals surface area contributed by atoms with Gasteiger partial charge >= 0.3 is 5.97 Å². The van der Waals surface area contributed by atoms with Crippen LogP contribution in [0.3, 0.4) is 0 Å². The summed E-state index contributed by atoms with van der Waals surface area (Å²) >= 11 is 0. The number of ether oxygens (including phenoxy) is 1. The lowest BCUT2D eigenvalue weighted by Crippen LogP contribution is -2.34. The fourth-order valence-corrected chi connectivity index (χ4v) is 1.76. The predicted octanol–water partition coefficient (Wildman–Crippen LogP) is 2.68. The molecule has 1 rings (SSSR count). The van der Waals surface area contributed by atoms with E-state index in [1.54, 1.807) is 6.92 Å². The Morgan fingerprint density at radius 2 is 2.23 bits per heavy atom. The van der Waals surface area contributed by atoms with E-state index in [1.807, 2.05) is 6.92 Å². The fourth-order valence-electron chi connectivity index (χ4n) is 1.76. The highest BCUT2D eigenvalue weighted by Gasteiger charge is 2.39. The largest absolute Gasteiger partial charge is 0.456 e. The molecule has 2 unspecified atom stereocenters. The first kappa shape index (κ1) is 10.3. The van der Waals surface area contributed by atoms with Crippen LogP contribution >= 0.6 is 0 Å². The maximum atomic E-state index is 11.3. The molecule has 0 bridgehead atoms. The molecule has 0 amide bonds. The molecule has 0 N–H and O–H groups in total. The summed E-state index contributed by atoms with van der Waals surface area (Å²) in [7, 11) is 0. The van der Waals surface area contributed by atoms with Crippen molar-refractivity contribution in [3.8, 4) is 0 Å². The van der Waals surface area contributed by atoms with Crippen molar-refractivity contribution < 1.29 is 9.53 Å². The van der Waals surface area contributed by atoms with Gasteiger partial charge in [0.15, 0.2) is 0 Å². The maximum absolute atomic E-state index is 11.3. The van der Waals surface area contributed by atoms with Crippen LogP contribution in [0.15, 0.2) is 12.2 Å². The van der Waals surface area contributed by atoms with E-state index in [4.69, 9.17) is 4.74 Å². The van der Waals surface area contributed by atoms with E-state index in [1.165, 1.54) is 0 Å². The van der Waals surface area contributed by atoms with E-state index in [0.717, 1.165) is 19.3 Å². The molecule has 2 nitrogen and oxygen atoms in total. The second-order valence-electron chi connectivity index (χ2n) is 4.28. The van der Waals surface area contributed by atoms with Crippen molar-refractivity contribution in [2.45, 2.75) is 45.6 Å². The van der Waals surface area contributed by atoms with Crippen molar-refractivity contribution in [2.24, 2.45) is 5.92 Å². The van der Waals surface area contributed by atoms with Crippen LogP contribution < -0.4 is 0 Å². The van der Waals surface area contributed by atoms with Crippen molar-refractivity contribution in [1.29, 1.82) is 0 Å². The molecule has 0 aromatic rings. The third-order valence-electron chi connectivity index (χ3n) is 3.03. The summed E-state index contributed by atoms with van der Waals surface area (Å²) < 4.78 is 5.43. The van der Waals surface area contributed by atoms with Gasteiger partial charge in [0.25, 0.3) is 0 Å². The number of carbonyl (C=O) groups excluding carboxylic acids is 1. The summed E-state index contributed by atoms with van der Waals surface area (Å²) in [6, 6.07) is 0. The highest BCUT2D eigenvalue weighted by Crippen LogP contribution is 2.38. The second-order valence-corrected chi connectivity index (χ2v) is 4.28. The summed E-state index contributed by atoms with van der Waals surface area (Å²) in [5.41, 5.74) is 0.232. The molecular formula is C11H18O2. The molecule has 0 aromatic heterocycles. The lowest BCUT2D eigenvalue weighted by atomic mass is 9.94. The topological polar surface area (TPSA) is 26.3 Å². The van der Waals surface area contributed by atoms with Gasteiger partial charge in [0, 0.05) is 5.57 Å². The Hall–Kier alpha value is -0.790. The number of carbonyl (C=O) groups is 1. The third kappa shape index (κ3) is 2.11. The molecule has 0 radical (unpaired) electrons. The summed E-state index contributed by atoms with van der Waals surface area (Å²) in [6.45, 7) is 9.42. The normalized spacial score (nSPS) is 33.0. The molecule has 0 aromatic carbocycles. The van der Waals surface area contributed by atoms with E-state index in [-0.39, 0.29) is 11.6 Å². The number of esters is 1. The van der Waals surface area contributed by atoms with Crippen molar-refractivity contribution >= 4 is 5.97 Å². The molecule has 0 saturated heterocycles. The molecule has 2 atom stereocenters. The maximum Gasteiger partial charge on any atom is 0.333 e. The summed E-state index contributed by atoms with van der Waals surface area (Å²) in [6.07, 6.45) is 3.29. The average molecular weight is 182 g/mol. The smallest absolute Gasteiger partial charge is 0.333 e. The van der Waals surface area contributed by atoms with Crippen LogP contribution in [0.1, 0.15) is 40.0 Å². The molecule has 1 fully saturated rings. The van der Waals surface area contributed by atoms with E-state index in [2.05, 4.69) is 13.5 Å². The lowest BCUT2D eigenvalue weighted by Gasteiger charge is -2.29. The van der Waals surface area contributed by atoms with Gasteiger partial charge < -0.3 is 4.74 Å². The van der Waals surface area contributed by atoms with Crippen LogP contribution in [-0.2, 0) is 9.53 Å². The van der Waals surface area contributed by atoms with Gasteiger partial charge in [-0.2, -0.15) is 0 Å². The molecule has 2 heteroatoms. The van der Waals surface area contributed by atoms with E-state index in [0.29, 0.717) is 11.5 Å². The van der Waals surface area contributed by atoms with Gasteiger partial charge in [-0.3, -0.25) is 0 Å². The molecule has 0 heterocycles. The Labute approximate surface area is 80.0 Å². The Bertz CT molecular complexity index is 232. The van der Waals surface area contributed by atoms with Crippen LogP contribution in [-0.4, -0.2) is 11.6 Å². The molecule has 13 heavy (non-hydrogen) atoms. The Kier molecular flexibility index (Phi) is 2.79. The zero-order valence-electron chi connectivity index (χ0n) is 8.72. The van der Waals surface area contributed by atoms with Gasteiger partial charge in [0.2, 0.25) is 0 Å². The fraction of sp³-hybridized carbons (Fsp3) is 0.727. The summed E-state index contributed by atoms with van der Waals surface area (Å²) in [5.74, 6) is 0.215. The van der Waals surface area contributed by atoms with Crippen LogP contribution in [0.4, 0.5) is 0 Å². The molecule has 1 saturated carbocycles. The predicted molar refractivity (Wildman–Crippen MR) is 52.3 cm³/mol. The molecule has 74 valence electrons. The molecule has 0 aliphatic heterocycles. The van der Waals surface area contributed by atoms with Crippen LogP contribution in [0.2, 0.25) is 0 Å². The first-order valence-electron chi connectivity index (χ1n) is 4.84. The Morgan fingerprint density at radius 3 is 2.62 bits per heavy atom. The minimum absolute atomic E-state index is 0.253. The SMILES string of the molecule is C=C(C)C(=O)OC1(C)CCCC1C. The van der Waals surface area contributed by atoms with Crippen molar-refractivity contribution in [2.75, 3.05) is 0 Å². The van der Waals surface area contributed by atoms with Gasteiger partial charge in [-0.1, -0.05) is 13.5 Å². The second kappa shape index (κ2) is 3.52. The standard InChI is InChI=1S/C11H18O2/c1-8(2)10(12)13-11(4)7-5-6-9(11)3/h9H,1,5-7H2,2-4H3. The molecule has 1 aliphatic carbocycles. The quantitative estimate of drug-likeness (QED) is 0.485. The van der Waals surface area contributed by atoms with Crippen LogP contribution in [0.25, 0.3) is 0 Å². The van der Waals surface area contributed by atoms with E-state index < -0.39 is 0 Å². The van der Waals surface area contributed by atoms with Crippen LogP contribution in [0.5, 0.6) is 0 Å². The highest BCUT2D eigenvalue weighted by molar-refractivity contribution is 5.87. The van der Waals surface area contributed by atoms with Gasteiger partial charge in [0.1, 0.15) is 5.60 Å². The lowest BCUT2D eigenvalue weighted by molar-refractivity contribution is -0.156. The van der Waals surface area contributed by atoms with Gasteiger partial charge in [-0.05, 0) is 39.0 Å². The first-order chi connectivity index (χ1) is 5.96. The van der Waals surface area contributed by atoms with Gasteiger partial charge in [-0.15, -0.1) is 0 Å². The van der Waals surface area contributed by atoms with Gasteiger partial charge in [-0.25, -0.2) is 4.79 Å². The minimum Gasteiger partial charge on any atom is -0.456 e. The van der Waals surface area contributed by atoms with Gasteiger partial charge in [0.05, 0.1) is 0 Å². The molecular weight excluding hydrogens is 164 g/mol. The Morgan fingerprint density at radius 1 is 1.62 bits per heavy atom. The zero-order valence-corrected chi connectivity index (χ0v) is 8.72. The van der Waals surface area contributed by atoms with Crippen molar-refractivity contribution in [3.63, 3.8) is 0 Å². The first-order valence-corrected chi connectivity index (χ1v) is 4.84. The number of hydrogen-bond acceptors (Lipinski definition) is 2. The monoisotopic (exact) mass is 182 g/mol. The van der Waals surface area contributed by atoms with Crippen molar-refractivity contribution in [1.82, 2.24) is 0 Å². The zero-order chi connectivity index (χ0) is 10.1. The third-order valence-corrected chi connectivity index (χ3v) is 3.03. The van der Waals surface area contributed by atoms with E-state index in [9.17, 15) is 4.79 Å². The van der Waals surface area contributed by atoms with E-state index >= 15 is 0 Å². The summed E-state index contributed by atoms with van der Waals surface area (Å²) in [5, 5.41) is 0. The van der Waals surface area contributed by atoms with Crippen LogP contribution in [0, 0.1) is 5.92 Å². The Balaban J connectivity index is 2.61. The number of rotatable bonds is 2. The minimum atomic E-state index is -0.254. The van der Waals surface area contributed by atoms with Crippen molar-refractivity contribution in [3.05, 3.63) is 12.2 Å². The average Bonchev–Trinajstić information content (AvgIpc) is 2.32. The molecule has 0 spiro atoms. The number of hydrogen-bond donors (Lipinski definition) is 0. The highest BCUT2D eigenvalue weighted by atomic mass is 16.6. The summed E-state index contributed by atoms with van der Waals surface area (Å²) in [4.78, 5) is 11.3. The molecule has 1 aliphatic rings.